The highest BCUT2D eigenvalue weighted by molar-refractivity contribution is 7.92. The van der Waals surface area contributed by atoms with Crippen molar-refractivity contribution in [3.63, 3.8) is 0 Å². The number of carbonyl (C=O) groups is 2. The fourth-order valence-corrected chi connectivity index (χ4v) is 6.09. The van der Waals surface area contributed by atoms with E-state index < -0.39 is 28.5 Å². The Balaban J connectivity index is 2.08. The van der Waals surface area contributed by atoms with Gasteiger partial charge in [0, 0.05) is 23.1 Å². The molecule has 0 saturated carbocycles. The van der Waals surface area contributed by atoms with Gasteiger partial charge in [0.25, 0.3) is 10.0 Å². The molecular formula is C31H37Cl2N3O4S. The number of sulfonamides is 1. The lowest BCUT2D eigenvalue weighted by molar-refractivity contribution is -0.140. The molecule has 41 heavy (non-hydrogen) atoms. The molecule has 0 aliphatic heterocycles. The lowest BCUT2D eigenvalue weighted by atomic mass is 10.1. The van der Waals surface area contributed by atoms with Crippen LogP contribution < -0.4 is 9.62 Å². The summed E-state index contributed by atoms with van der Waals surface area (Å²) in [5.74, 6) is -0.602. The zero-order chi connectivity index (χ0) is 30.3. The Morgan fingerprint density at radius 1 is 0.902 bits per heavy atom. The maximum Gasteiger partial charge on any atom is 0.264 e. The SMILES string of the molecule is CC[C@H](C(=O)NCC(C)C)N(Cc1ccc(Cl)cc1)C(=O)CN(c1cc(Cl)ccc1C)S(=O)(=O)c1ccc(C)cc1. The molecule has 3 aromatic rings. The number of aryl methyl sites for hydroxylation is 2. The summed E-state index contributed by atoms with van der Waals surface area (Å²) in [7, 11) is -4.18. The molecule has 7 nitrogen and oxygen atoms in total. The van der Waals surface area contributed by atoms with Crippen molar-refractivity contribution >= 4 is 50.7 Å². The number of halogens is 2. The number of hydrogen-bond donors (Lipinski definition) is 1. The lowest BCUT2D eigenvalue weighted by Crippen LogP contribution is -2.52. The highest BCUT2D eigenvalue weighted by atomic mass is 35.5. The first-order chi connectivity index (χ1) is 19.3. The van der Waals surface area contributed by atoms with Crippen LogP contribution in [0.4, 0.5) is 5.69 Å². The molecule has 0 aliphatic carbocycles. The average molecular weight is 619 g/mol. The van der Waals surface area contributed by atoms with Crippen molar-refractivity contribution in [1.29, 1.82) is 0 Å². The fraction of sp³-hybridized carbons (Fsp3) is 0.355. The van der Waals surface area contributed by atoms with E-state index in [0.29, 0.717) is 28.6 Å². The minimum Gasteiger partial charge on any atom is -0.354 e. The van der Waals surface area contributed by atoms with Crippen LogP contribution in [0.1, 0.15) is 43.9 Å². The molecule has 10 heteroatoms. The van der Waals surface area contributed by atoms with E-state index in [9.17, 15) is 18.0 Å². The van der Waals surface area contributed by atoms with Crippen molar-refractivity contribution in [2.45, 2.75) is 58.5 Å². The van der Waals surface area contributed by atoms with Gasteiger partial charge in [0.2, 0.25) is 11.8 Å². The Kier molecular flexibility index (Phi) is 11.2. The van der Waals surface area contributed by atoms with E-state index >= 15 is 0 Å². The van der Waals surface area contributed by atoms with Crippen LogP contribution in [0.2, 0.25) is 10.0 Å². The predicted molar refractivity (Wildman–Crippen MR) is 166 cm³/mol. The molecule has 0 spiro atoms. The highest BCUT2D eigenvalue weighted by Gasteiger charge is 2.34. The summed E-state index contributed by atoms with van der Waals surface area (Å²) in [6.45, 7) is 9.43. The van der Waals surface area contributed by atoms with E-state index in [1.165, 1.54) is 23.1 Å². The highest BCUT2D eigenvalue weighted by Crippen LogP contribution is 2.30. The minimum absolute atomic E-state index is 0.0428. The summed E-state index contributed by atoms with van der Waals surface area (Å²) >= 11 is 12.4. The average Bonchev–Trinajstić information content (AvgIpc) is 2.93. The minimum atomic E-state index is -4.18. The Hall–Kier alpha value is -3.07. The van der Waals surface area contributed by atoms with Crippen molar-refractivity contribution in [3.05, 3.63) is 93.5 Å². The lowest BCUT2D eigenvalue weighted by Gasteiger charge is -2.33. The van der Waals surface area contributed by atoms with Crippen LogP contribution in [0.5, 0.6) is 0 Å². The van der Waals surface area contributed by atoms with Crippen LogP contribution in [0.25, 0.3) is 0 Å². The quantitative estimate of drug-likeness (QED) is 0.255. The predicted octanol–water partition coefficient (Wildman–Crippen LogP) is 6.39. The number of nitrogens with one attached hydrogen (secondary N) is 1. The number of amides is 2. The normalized spacial score (nSPS) is 12.2. The summed E-state index contributed by atoms with van der Waals surface area (Å²) in [5, 5.41) is 3.80. The zero-order valence-electron chi connectivity index (χ0n) is 24.0. The van der Waals surface area contributed by atoms with E-state index in [-0.39, 0.29) is 29.0 Å². The van der Waals surface area contributed by atoms with Crippen LogP contribution in [0, 0.1) is 19.8 Å². The molecule has 0 fully saturated rings. The van der Waals surface area contributed by atoms with Gasteiger partial charge in [-0.25, -0.2) is 8.42 Å². The van der Waals surface area contributed by atoms with Crippen molar-refractivity contribution < 1.29 is 18.0 Å². The smallest absolute Gasteiger partial charge is 0.264 e. The van der Waals surface area contributed by atoms with Gasteiger partial charge in [-0.05, 0) is 73.7 Å². The molecule has 3 aromatic carbocycles. The molecule has 0 saturated heterocycles. The first-order valence-corrected chi connectivity index (χ1v) is 15.7. The maximum atomic E-state index is 14.2. The van der Waals surface area contributed by atoms with Gasteiger partial charge in [0.15, 0.2) is 0 Å². The molecule has 3 rings (SSSR count). The number of hydrogen-bond acceptors (Lipinski definition) is 4. The standard InChI is InChI=1S/C31H37Cl2N3O4S/c1-6-28(31(38)34-18-21(2)3)35(19-24-10-13-25(32)14-11-24)30(37)20-36(29-17-26(33)12-9-23(29)5)41(39,40)27-15-7-22(4)8-16-27/h7-17,21,28H,6,18-20H2,1-5H3,(H,34,38)/t28-/m1/s1. The molecule has 0 radical (unpaired) electrons. The van der Waals surface area contributed by atoms with E-state index in [1.807, 2.05) is 27.7 Å². The second-order valence-corrected chi connectivity index (χ2v) is 13.2. The summed E-state index contributed by atoms with van der Waals surface area (Å²) in [6.07, 6.45) is 0.337. The fourth-order valence-electron chi connectivity index (χ4n) is 4.33. The van der Waals surface area contributed by atoms with Crippen LogP contribution in [-0.2, 0) is 26.2 Å². The Morgan fingerprint density at radius 3 is 2.10 bits per heavy atom. The molecule has 2 amide bonds. The van der Waals surface area contributed by atoms with Gasteiger partial charge in [0.1, 0.15) is 12.6 Å². The molecule has 0 unspecified atom stereocenters. The van der Waals surface area contributed by atoms with Gasteiger partial charge in [-0.1, -0.05) is 79.9 Å². The number of nitrogens with zero attached hydrogens (tertiary/aromatic N) is 2. The molecule has 0 bridgehead atoms. The number of carbonyl (C=O) groups excluding carboxylic acids is 2. The monoisotopic (exact) mass is 617 g/mol. The van der Waals surface area contributed by atoms with Crippen molar-refractivity contribution in [2.75, 3.05) is 17.4 Å². The largest absolute Gasteiger partial charge is 0.354 e. The van der Waals surface area contributed by atoms with E-state index in [0.717, 1.165) is 15.4 Å². The molecule has 1 atom stereocenters. The van der Waals surface area contributed by atoms with Gasteiger partial charge < -0.3 is 10.2 Å². The topological polar surface area (TPSA) is 86.8 Å². The number of anilines is 1. The maximum absolute atomic E-state index is 14.2. The van der Waals surface area contributed by atoms with E-state index in [2.05, 4.69) is 5.32 Å². The van der Waals surface area contributed by atoms with Crippen LogP contribution >= 0.6 is 23.2 Å². The zero-order valence-corrected chi connectivity index (χ0v) is 26.4. The number of rotatable bonds is 12. The Bertz CT molecular complexity index is 1460. The Morgan fingerprint density at radius 2 is 1.51 bits per heavy atom. The van der Waals surface area contributed by atoms with Gasteiger partial charge in [-0.2, -0.15) is 0 Å². The summed E-state index contributed by atoms with van der Waals surface area (Å²) in [4.78, 5) is 28.9. The second-order valence-electron chi connectivity index (χ2n) is 10.5. The van der Waals surface area contributed by atoms with Gasteiger partial charge in [0.05, 0.1) is 10.6 Å². The first-order valence-electron chi connectivity index (χ1n) is 13.5. The van der Waals surface area contributed by atoms with Crippen molar-refractivity contribution in [2.24, 2.45) is 5.92 Å². The van der Waals surface area contributed by atoms with Crippen molar-refractivity contribution in [1.82, 2.24) is 10.2 Å². The molecule has 0 aliphatic rings. The van der Waals surface area contributed by atoms with Gasteiger partial charge >= 0.3 is 0 Å². The summed E-state index contributed by atoms with van der Waals surface area (Å²) in [6, 6.07) is 17.5. The Labute approximate surface area is 253 Å². The van der Waals surface area contributed by atoms with Crippen LogP contribution in [0.3, 0.4) is 0 Å². The second kappa shape index (κ2) is 14.2. The number of benzene rings is 3. The van der Waals surface area contributed by atoms with Gasteiger partial charge in [-0.15, -0.1) is 0 Å². The molecule has 220 valence electrons. The molecule has 0 heterocycles. The summed E-state index contributed by atoms with van der Waals surface area (Å²) < 4.78 is 29.1. The third-order valence-corrected chi connectivity index (χ3v) is 8.93. The third-order valence-electron chi connectivity index (χ3n) is 6.66. The van der Waals surface area contributed by atoms with Crippen LogP contribution in [-0.4, -0.2) is 44.3 Å². The van der Waals surface area contributed by atoms with E-state index in [4.69, 9.17) is 23.2 Å². The van der Waals surface area contributed by atoms with Gasteiger partial charge in [-0.3, -0.25) is 13.9 Å². The first kappa shape index (κ1) is 32.4. The third kappa shape index (κ3) is 8.47. The van der Waals surface area contributed by atoms with E-state index in [1.54, 1.807) is 55.5 Å². The summed E-state index contributed by atoms with van der Waals surface area (Å²) in [5.41, 5.74) is 2.57. The molecular weight excluding hydrogens is 581 g/mol. The van der Waals surface area contributed by atoms with Crippen LogP contribution in [0.15, 0.2) is 71.6 Å². The van der Waals surface area contributed by atoms with Crippen molar-refractivity contribution in [3.8, 4) is 0 Å². The molecule has 1 N–H and O–H groups in total. The molecule has 0 aromatic heterocycles.